The first-order valence-electron chi connectivity index (χ1n) is 3.85. The fraction of sp³-hybridized carbons (Fsp3) is 0.300. The predicted molar refractivity (Wildman–Crippen MR) is 54.4 cm³/mol. The number of ketones is 1. The Morgan fingerprint density at radius 1 is 1.58 bits per heavy atom. The molecule has 0 bridgehead atoms. The third-order valence-electron chi connectivity index (χ3n) is 1.65. The van der Waals surface area contributed by atoms with Crippen LogP contribution in [0.2, 0.25) is 0 Å². The molecular weight excluding hydrogens is 216 g/mol. The lowest BCUT2D eigenvalue weighted by molar-refractivity contribution is -0.112. The first-order chi connectivity index (χ1) is 5.62. The summed E-state index contributed by atoms with van der Waals surface area (Å²) in [5.41, 5.74) is 0. The second kappa shape index (κ2) is 3.85. The lowest BCUT2D eigenvalue weighted by Gasteiger charge is -2.19. The van der Waals surface area contributed by atoms with Gasteiger partial charge < -0.3 is 0 Å². The Kier molecular flexibility index (Phi) is 3.04. The van der Waals surface area contributed by atoms with Crippen molar-refractivity contribution in [2.24, 2.45) is 0 Å². The topological polar surface area (TPSA) is 17.1 Å². The molecule has 0 aliphatic heterocycles. The number of rotatable bonds is 2. The largest absolute Gasteiger partial charge is 0.295 e. The van der Waals surface area contributed by atoms with E-state index in [0.29, 0.717) is 0 Å². The van der Waals surface area contributed by atoms with Gasteiger partial charge in [-0.25, -0.2) is 0 Å². The van der Waals surface area contributed by atoms with Crippen molar-refractivity contribution in [3.05, 3.63) is 36.5 Å². The molecule has 0 saturated carbocycles. The van der Waals surface area contributed by atoms with Crippen LogP contribution in [0.25, 0.3) is 0 Å². The maximum absolute atomic E-state index is 10.7. The molecule has 0 fully saturated rings. The van der Waals surface area contributed by atoms with Crippen molar-refractivity contribution < 1.29 is 4.79 Å². The molecule has 64 valence electrons. The van der Waals surface area contributed by atoms with Gasteiger partial charge in [0.05, 0.1) is 4.32 Å². The lowest BCUT2D eigenvalue weighted by Crippen LogP contribution is -2.14. The molecule has 1 nitrogen and oxygen atoms in total. The summed E-state index contributed by atoms with van der Waals surface area (Å²) in [7, 11) is 0. The predicted octanol–water partition coefficient (Wildman–Crippen LogP) is 2.78. The summed E-state index contributed by atoms with van der Waals surface area (Å²) in [5.74, 6) is 0.0804. The molecule has 0 aromatic carbocycles. The molecule has 1 rings (SSSR count). The molecule has 0 radical (unpaired) electrons. The van der Waals surface area contributed by atoms with E-state index >= 15 is 0 Å². The standard InChI is InChI=1S/C10H11BrO/c1-9(12)5-8-10(11)6-3-2-4-7-10/h2-6,8H,7H2,1H3. The van der Waals surface area contributed by atoms with Crippen LogP contribution in [0, 0.1) is 0 Å². The van der Waals surface area contributed by atoms with Crippen LogP contribution in [-0.4, -0.2) is 10.1 Å². The maximum Gasteiger partial charge on any atom is 0.152 e. The fourth-order valence-electron chi connectivity index (χ4n) is 0.990. The second-order valence-electron chi connectivity index (χ2n) is 2.86. The normalized spacial score (nSPS) is 28.2. The van der Waals surface area contributed by atoms with Crippen LogP contribution in [0.3, 0.4) is 0 Å². The molecule has 1 aliphatic carbocycles. The first-order valence-corrected chi connectivity index (χ1v) is 4.65. The number of hydrogen-bond donors (Lipinski definition) is 0. The van der Waals surface area contributed by atoms with Gasteiger partial charge in [0.15, 0.2) is 5.78 Å². The fourth-order valence-corrected chi connectivity index (χ4v) is 1.46. The lowest BCUT2D eigenvalue weighted by atomic mass is 10.00. The number of carbonyl (C=O) groups is 1. The van der Waals surface area contributed by atoms with Crippen LogP contribution in [-0.2, 0) is 4.79 Å². The van der Waals surface area contributed by atoms with Crippen molar-refractivity contribution in [1.82, 2.24) is 0 Å². The molecule has 0 heterocycles. The van der Waals surface area contributed by atoms with Gasteiger partial charge >= 0.3 is 0 Å². The average molecular weight is 227 g/mol. The summed E-state index contributed by atoms with van der Waals surface area (Å²) in [6, 6.07) is 0. The SMILES string of the molecule is CC(=O)C=CC1(Br)C=CC=CC1. The quantitative estimate of drug-likeness (QED) is 0.523. The Balaban J connectivity index is 2.67. The van der Waals surface area contributed by atoms with E-state index in [2.05, 4.69) is 22.0 Å². The monoisotopic (exact) mass is 226 g/mol. The van der Waals surface area contributed by atoms with Gasteiger partial charge in [-0.2, -0.15) is 0 Å². The van der Waals surface area contributed by atoms with Crippen LogP contribution in [0.1, 0.15) is 13.3 Å². The molecule has 0 aromatic rings. The third-order valence-corrected chi connectivity index (χ3v) is 2.50. The number of halogens is 1. The van der Waals surface area contributed by atoms with E-state index < -0.39 is 0 Å². The molecule has 1 unspecified atom stereocenters. The van der Waals surface area contributed by atoms with Gasteiger partial charge in [0.1, 0.15) is 0 Å². The van der Waals surface area contributed by atoms with Gasteiger partial charge in [0, 0.05) is 0 Å². The Labute approximate surface area is 81.0 Å². The van der Waals surface area contributed by atoms with E-state index in [0.717, 1.165) is 6.42 Å². The van der Waals surface area contributed by atoms with Gasteiger partial charge in [-0.15, -0.1) is 0 Å². The van der Waals surface area contributed by atoms with Crippen molar-refractivity contribution in [2.45, 2.75) is 17.7 Å². The van der Waals surface area contributed by atoms with Crippen molar-refractivity contribution in [3.63, 3.8) is 0 Å². The molecule has 0 amide bonds. The second-order valence-corrected chi connectivity index (χ2v) is 4.34. The van der Waals surface area contributed by atoms with Gasteiger partial charge in [-0.3, -0.25) is 4.79 Å². The molecule has 0 spiro atoms. The number of carbonyl (C=O) groups excluding carboxylic acids is 1. The zero-order valence-corrected chi connectivity index (χ0v) is 8.54. The van der Waals surface area contributed by atoms with Gasteiger partial charge in [0.2, 0.25) is 0 Å². The molecule has 1 atom stereocenters. The van der Waals surface area contributed by atoms with E-state index in [4.69, 9.17) is 0 Å². The highest BCUT2D eigenvalue weighted by atomic mass is 79.9. The van der Waals surface area contributed by atoms with Crippen LogP contribution in [0.4, 0.5) is 0 Å². The maximum atomic E-state index is 10.7. The molecule has 0 N–H and O–H groups in total. The third kappa shape index (κ3) is 2.78. The minimum Gasteiger partial charge on any atom is -0.295 e. The molecule has 12 heavy (non-hydrogen) atoms. The summed E-state index contributed by atoms with van der Waals surface area (Å²) in [4.78, 5) is 10.7. The molecule has 0 saturated heterocycles. The van der Waals surface area contributed by atoms with Gasteiger partial charge in [-0.05, 0) is 19.4 Å². The van der Waals surface area contributed by atoms with E-state index in [1.165, 1.54) is 0 Å². The van der Waals surface area contributed by atoms with Crippen LogP contribution in [0.5, 0.6) is 0 Å². The Bertz CT molecular complexity index is 263. The van der Waals surface area contributed by atoms with E-state index in [1.54, 1.807) is 13.0 Å². The summed E-state index contributed by atoms with van der Waals surface area (Å²) in [5, 5.41) is 0. The summed E-state index contributed by atoms with van der Waals surface area (Å²) < 4.78 is -0.145. The minimum atomic E-state index is -0.145. The number of alkyl halides is 1. The molecule has 0 aromatic heterocycles. The smallest absolute Gasteiger partial charge is 0.152 e. The summed E-state index contributed by atoms with van der Waals surface area (Å²) in [6.07, 6.45) is 12.5. The average Bonchev–Trinajstić information content (AvgIpc) is 2.03. The minimum absolute atomic E-state index is 0.0804. The van der Waals surface area contributed by atoms with Gasteiger partial charge in [0.25, 0.3) is 0 Å². The number of allylic oxidation sites excluding steroid dienone is 6. The van der Waals surface area contributed by atoms with Crippen molar-refractivity contribution in [1.29, 1.82) is 0 Å². The highest BCUT2D eigenvalue weighted by molar-refractivity contribution is 9.10. The zero-order valence-electron chi connectivity index (χ0n) is 6.96. The molecular formula is C10H11BrO. The van der Waals surface area contributed by atoms with Crippen molar-refractivity contribution in [2.75, 3.05) is 0 Å². The number of hydrogen-bond acceptors (Lipinski definition) is 1. The highest BCUT2D eigenvalue weighted by Crippen LogP contribution is 2.29. The summed E-state index contributed by atoms with van der Waals surface area (Å²) >= 11 is 3.55. The van der Waals surface area contributed by atoms with Crippen LogP contribution < -0.4 is 0 Å². The summed E-state index contributed by atoms with van der Waals surface area (Å²) in [6.45, 7) is 1.55. The molecule has 2 heteroatoms. The Morgan fingerprint density at radius 2 is 2.33 bits per heavy atom. The van der Waals surface area contributed by atoms with E-state index in [9.17, 15) is 4.79 Å². The molecule has 1 aliphatic rings. The van der Waals surface area contributed by atoms with E-state index in [1.807, 2.05) is 24.3 Å². The van der Waals surface area contributed by atoms with Crippen LogP contribution in [0.15, 0.2) is 36.5 Å². The zero-order chi connectivity index (χ0) is 9.03. The Morgan fingerprint density at radius 3 is 2.83 bits per heavy atom. The van der Waals surface area contributed by atoms with E-state index in [-0.39, 0.29) is 10.1 Å². The highest BCUT2D eigenvalue weighted by Gasteiger charge is 2.18. The van der Waals surface area contributed by atoms with Crippen molar-refractivity contribution >= 4 is 21.7 Å². The van der Waals surface area contributed by atoms with Crippen LogP contribution >= 0.6 is 15.9 Å². The first kappa shape index (κ1) is 9.46. The Hall–Kier alpha value is -0.630. The van der Waals surface area contributed by atoms with Crippen molar-refractivity contribution in [3.8, 4) is 0 Å². The van der Waals surface area contributed by atoms with Gasteiger partial charge in [-0.1, -0.05) is 46.3 Å².